The van der Waals surface area contributed by atoms with E-state index in [2.05, 4.69) is 12.1 Å². The molecular weight excluding hydrogens is 618 g/mol. The number of hydrogen-bond donors (Lipinski definition) is 0. The molecule has 0 spiro atoms. The number of carbonyl (C=O) groups excluding carboxylic acids is 2. The lowest BCUT2D eigenvalue weighted by Crippen LogP contribution is -2.54. The molecule has 1 amide bonds. The summed E-state index contributed by atoms with van der Waals surface area (Å²) in [4.78, 5) is 27.9. The van der Waals surface area contributed by atoms with E-state index in [1.165, 1.54) is 7.05 Å². The topological polar surface area (TPSA) is 97.4 Å². The maximum absolute atomic E-state index is 13.7. The molecule has 4 aromatic carbocycles. The third kappa shape index (κ3) is 5.46. The summed E-state index contributed by atoms with van der Waals surface area (Å²) in [6, 6.07) is 33.4. The van der Waals surface area contributed by atoms with E-state index in [1.54, 1.807) is 14.2 Å². The fraction of sp³-hybridized carbons (Fsp3) is 0.268. The summed E-state index contributed by atoms with van der Waals surface area (Å²) in [5.41, 5.74) is 3.97. The quantitative estimate of drug-likeness (QED) is 0.186. The number of hydrogen-bond acceptors (Lipinski definition) is 7. The van der Waals surface area contributed by atoms with Crippen molar-refractivity contribution in [2.45, 2.75) is 42.4 Å². The maximum atomic E-state index is 13.7. The van der Waals surface area contributed by atoms with Crippen LogP contribution in [0.5, 0.6) is 5.75 Å². The molecule has 8 nitrogen and oxygen atoms in total. The number of likely N-dealkylation sites (N-methyl/N-ethyl adjacent to an activating group) is 1. The molecule has 0 bridgehead atoms. The van der Waals surface area contributed by atoms with E-state index >= 15 is 0 Å². The number of ether oxygens (including phenoxy) is 4. The van der Waals surface area contributed by atoms with Crippen molar-refractivity contribution in [3.05, 3.63) is 149 Å². The highest BCUT2D eigenvalue weighted by Crippen LogP contribution is 2.53. The van der Waals surface area contributed by atoms with Crippen LogP contribution in [0.15, 0.2) is 127 Å². The molecule has 4 aromatic rings. The van der Waals surface area contributed by atoms with Crippen molar-refractivity contribution in [1.29, 1.82) is 0 Å². The molecule has 3 aliphatic carbocycles. The van der Waals surface area contributed by atoms with Crippen LogP contribution in [0.25, 0.3) is 11.1 Å². The molecule has 1 saturated carbocycles. The smallest absolute Gasteiger partial charge is 0.410 e. The van der Waals surface area contributed by atoms with Crippen molar-refractivity contribution in [1.82, 2.24) is 4.90 Å². The van der Waals surface area contributed by atoms with Crippen LogP contribution in [0, 0.1) is 0 Å². The number of carboxylic acids is 1. The number of carbonyl (C=O) groups is 2. The van der Waals surface area contributed by atoms with Crippen LogP contribution >= 0.6 is 0 Å². The summed E-state index contributed by atoms with van der Waals surface area (Å²) >= 11 is 0. The normalized spacial score (nSPS) is 20.5. The number of rotatable bonds is 11. The van der Waals surface area contributed by atoms with Gasteiger partial charge in [0.1, 0.15) is 23.5 Å². The molecule has 0 aliphatic heterocycles. The molecule has 3 atom stereocenters. The van der Waals surface area contributed by atoms with Gasteiger partial charge in [0.25, 0.3) is 0 Å². The van der Waals surface area contributed by atoms with Crippen LogP contribution in [0.1, 0.15) is 47.4 Å². The van der Waals surface area contributed by atoms with E-state index in [-0.39, 0.29) is 18.9 Å². The predicted molar refractivity (Wildman–Crippen MR) is 183 cm³/mol. The summed E-state index contributed by atoms with van der Waals surface area (Å²) in [5, 5.41) is 13.0. The van der Waals surface area contributed by atoms with Crippen LogP contribution < -0.4 is 9.84 Å². The van der Waals surface area contributed by atoms with Crippen LogP contribution in [-0.2, 0) is 24.6 Å². The molecule has 1 fully saturated rings. The van der Waals surface area contributed by atoms with E-state index < -0.39 is 29.3 Å². The third-order valence-corrected chi connectivity index (χ3v) is 10.3. The average molecular weight is 657 g/mol. The van der Waals surface area contributed by atoms with E-state index in [9.17, 15) is 14.7 Å². The molecule has 0 saturated heterocycles. The van der Waals surface area contributed by atoms with E-state index in [0.717, 1.165) is 49.6 Å². The van der Waals surface area contributed by atoms with Crippen molar-refractivity contribution in [3.63, 3.8) is 0 Å². The zero-order valence-electron chi connectivity index (χ0n) is 27.8. The maximum Gasteiger partial charge on any atom is 0.410 e. The molecule has 49 heavy (non-hydrogen) atoms. The largest absolute Gasteiger partial charge is 0.547 e. The van der Waals surface area contributed by atoms with Crippen LogP contribution in [0.3, 0.4) is 0 Å². The summed E-state index contributed by atoms with van der Waals surface area (Å²) in [6.45, 7) is 0.0622. The van der Waals surface area contributed by atoms with Gasteiger partial charge in [-0.2, -0.15) is 0 Å². The number of aliphatic carboxylic acids is 1. The summed E-state index contributed by atoms with van der Waals surface area (Å²) < 4.78 is 23.9. The minimum Gasteiger partial charge on any atom is -0.547 e. The fourth-order valence-corrected chi connectivity index (χ4v) is 7.46. The first kappa shape index (κ1) is 32.2. The Morgan fingerprint density at radius 3 is 1.98 bits per heavy atom. The van der Waals surface area contributed by atoms with Gasteiger partial charge in [0.15, 0.2) is 0 Å². The number of fused-ring (bicyclic) bond motifs is 3. The first-order chi connectivity index (χ1) is 23.8. The van der Waals surface area contributed by atoms with E-state index in [0.29, 0.717) is 18.6 Å². The number of benzene rings is 4. The summed E-state index contributed by atoms with van der Waals surface area (Å²) in [6.07, 6.45) is 3.53. The number of amides is 1. The SMILES string of the molecule is COC1=CC=C(C(OC2CC2(C(=O)[O-])N(C)C(=O)OCC2c3ccccc3-c3ccccc32)(c2ccccc2)c2ccc(OC)cc2)CC1. The Hall–Kier alpha value is -5.34. The molecule has 3 unspecified atom stereocenters. The number of nitrogens with zero attached hydrogens (tertiary/aromatic N) is 1. The van der Waals surface area contributed by atoms with Gasteiger partial charge in [-0.3, -0.25) is 4.90 Å². The molecule has 0 heterocycles. The zero-order valence-corrected chi connectivity index (χ0v) is 27.8. The second kappa shape index (κ2) is 12.9. The van der Waals surface area contributed by atoms with Gasteiger partial charge < -0.3 is 28.8 Å². The van der Waals surface area contributed by atoms with Crippen LogP contribution in [0.4, 0.5) is 4.79 Å². The first-order valence-corrected chi connectivity index (χ1v) is 16.5. The summed E-state index contributed by atoms with van der Waals surface area (Å²) in [7, 11) is 4.70. The molecule has 250 valence electrons. The van der Waals surface area contributed by atoms with Crippen molar-refractivity contribution in [2.75, 3.05) is 27.9 Å². The van der Waals surface area contributed by atoms with Gasteiger partial charge in [0.2, 0.25) is 0 Å². The van der Waals surface area contributed by atoms with Gasteiger partial charge >= 0.3 is 6.09 Å². The monoisotopic (exact) mass is 656 g/mol. The minimum absolute atomic E-state index is 0.0349. The first-order valence-electron chi connectivity index (χ1n) is 16.5. The van der Waals surface area contributed by atoms with Gasteiger partial charge in [0, 0.05) is 25.8 Å². The van der Waals surface area contributed by atoms with Gasteiger partial charge in [-0.15, -0.1) is 0 Å². The van der Waals surface area contributed by atoms with Crippen molar-refractivity contribution in [3.8, 4) is 16.9 Å². The van der Waals surface area contributed by atoms with Gasteiger partial charge in [-0.1, -0.05) is 97.1 Å². The van der Waals surface area contributed by atoms with Crippen LogP contribution in [0.2, 0.25) is 0 Å². The fourth-order valence-electron chi connectivity index (χ4n) is 7.46. The predicted octanol–water partition coefficient (Wildman–Crippen LogP) is 6.35. The Morgan fingerprint density at radius 1 is 0.796 bits per heavy atom. The molecule has 8 heteroatoms. The van der Waals surface area contributed by atoms with Crippen molar-refractivity contribution in [2.24, 2.45) is 0 Å². The summed E-state index contributed by atoms with van der Waals surface area (Å²) in [5.74, 6) is -0.0512. The second-order valence-electron chi connectivity index (χ2n) is 12.7. The lowest BCUT2D eigenvalue weighted by Gasteiger charge is -2.40. The lowest BCUT2D eigenvalue weighted by atomic mass is 9.76. The highest BCUT2D eigenvalue weighted by atomic mass is 16.6. The van der Waals surface area contributed by atoms with E-state index in [1.807, 2.05) is 103 Å². The Morgan fingerprint density at radius 2 is 1.41 bits per heavy atom. The average Bonchev–Trinajstić information content (AvgIpc) is 3.80. The number of methoxy groups -OCH3 is 2. The molecule has 0 radical (unpaired) electrons. The number of carboxylic acid groups (broad SMARTS) is 1. The molecule has 0 N–H and O–H groups in total. The Kier molecular flexibility index (Phi) is 8.50. The van der Waals surface area contributed by atoms with Gasteiger partial charge in [-0.05, 0) is 63.6 Å². The van der Waals surface area contributed by atoms with E-state index in [4.69, 9.17) is 18.9 Å². The second-order valence-corrected chi connectivity index (χ2v) is 12.7. The molecular formula is C41H38NO7-. The van der Waals surface area contributed by atoms with Crippen LogP contribution in [-0.4, -0.2) is 56.5 Å². The third-order valence-electron chi connectivity index (χ3n) is 10.3. The van der Waals surface area contributed by atoms with Gasteiger partial charge in [-0.25, -0.2) is 4.79 Å². The van der Waals surface area contributed by atoms with Crippen molar-refractivity contribution < 1.29 is 33.6 Å². The zero-order chi connectivity index (χ0) is 34.2. The molecule has 7 rings (SSSR count). The minimum atomic E-state index is -1.74. The Balaban J connectivity index is 1.21. The van der Waals surface area contributed by atoms with Gasteiger partial charge in [0.05, 0.1) is 32.1 Å². The highest BCUT2D eigenvalue weighted by molar-refractivity contribution is 5.88. The Bertz CT molecular complexity index is 1890. The number of allylic oxidation sites excluding steroid dienone is 3. The molecule has 0 aromatic heterocycles. The standard InChI is InChI=1S/C41H39NO7/c1-42(39(45)48-26-36-34-15-9-7-13-32(34)33-14-8-10-16-35(33)36)40(38(43)44)25-37(40)49-41(27-11-5-4-6-12-27,28-17-21-30(46-2)22-18-28)29-19-23-31(47-3)24-20-29/h4-19,21-23,36-37H,20,24-26H2,1-3H3,(H,43,44)/p-1. The Labute approximate surface area is 286 Å². The molecule has 3 aliphatic rings. The van der Waals surface area contributed by atoms with Crippen molar-refractivity contribution >= 4 is 12.1 Å². The lowest BCUT2D eigenvalue weighted by molar-refractivity contribution is -0.314. The highest BCUT2D eigenvalue weighted by Gasteiger charge is 2.64.